The van der Waals surface area contributed by atoms with Gasteiger partial charge in [0.1, 0.15) is 11.4 Å². The summed E-state index contributed by atoms with van der Waals surface area (Å²) in [6.07, 6.45) is -0.427. The first-order valence-electron chi connectivity index (χ1n) is 6.37. The number of hydrogen-bond acceptors (Lipinski definition) is 3. The molecule has 0 bridgehead atoms. The number of amides is 1. The molecule has 0 aliphatic rings. The van der Waals surface area contributed by atoms with Crippen LogP contribution in [0, 0.1) is 6.92 Å². The fourth-order valence-corrected chi connectivity index (χ4v) is 1.86. The van der Waals surface area contributed by atoms with E-state index in [9.17, 15) is 4.79 Å². The third-order valence-electron chi connectivity index (χ3n) is 2.65. The van der Waals surface area contributed by atoms with Crippen LogP contribution in [0.15, 0.2) is 18.2 Å². The van der Waals surface area contributed by atoms with E-state index < -0.39 is 11.7 Å². The van der Waals surface area contributed by atoms with E-state index in [2.05, 4.69) is 5.32 Å². The smallest absolute Gasteiger partial charge is 0.408 e. The average Bonchev–Trinajstić information content (AvgIpc) is 2.25. The van der Waals surface area contributed by atoms with Crippen molar-refractivity contribution < 1.29 is 14.3 Å². The minimum atomic E-state index is -0.500. The van der Waals surface area contributed by atoms with Gasteiger partial charge in [0.15, 0.2) is 0 Å². The summed E-state index contributed by atoms with van der Waals surface area (Å²) in [5, 5.41) is 2.81. The van der Waals surface area contributed by atoms with Crippen molar-refractivity contribution in [1.82, 2.24) is 5.32 Å². The Balaban J connectivity index is 2.81. The zero-order chi connectivity index (χ0) is 14.6. The van der Waals surface area contributed by atoms with E-state index in [1.807, 2.05) is 52.8 Å². The first-order valence-corrected chi connectivity index (χ1v) is 6.37. The molecule has 1 aromatic rings. The van der Waals surface area contributed by atoms with Gasteiger partial charge >= 0.3 is 6.09 Å². The van der Waals surface area contributed by atoms with Crippen molar-refractivity contribution in [3.05, 3.63) is 29.3 Å². The van der Waals surface area contributed by atoms with Crippen molar-refractivity contribution >= 4 is 6.09 Å². The van der Waals surface area contributed by atoms with E-state index in [-0.39, 0.29) is 6.04 Å². The van der Waals surface area contributed by atoms with E-state index >= 15 is 0 Å². The second kappa shape index (κ2) is 5.95. The number of ether oxygens (including phenoxy) is 2. The summed E-state index contributed by atoms with van der Waals surface area (Å²) >= 11 is 0. The molecule has 0 heterocycles. The van der Waals surface area contributed by atoms with Gasteiger partial charge in [-0.25, -0.2) is 4.79 Å². The fraction of sp³-hybridized carbons (Fsp3) is 0.533. The first-order chi connectivity index (χ1) is 8.74. The van der Waals surface area contributed by atoms with Gasteiger partial charge in [-0.3, -0.25) is 0 Å². The molecule has 0 saturated carbocycles. The van der Waals surface area contributed by atoms with Gasteiger partial charge < -0.3 is 14.8 Å². The summed E-state index contributed by atoms with van der Waals surface area (Å²) in [6.45, 7) is 9.39. The summed E-state index contributed by atoms with van der Waals surface area (Å²) in [6, 6.07) is 5.68. The number of carbonyl (C=O) groups excluding carboxylic acids is 1. The minimum Gasteiger partial charge on any atom is -0.496 e. The molecule has 0 aromatic heterocycles. The van der Waals surface area contributed by atoms with Gasteiger partial charge in [-0.15, -0.1) is 0 Å². The van der Waals surface area contributed by atoms with Gasteiger partial charge in [0.05, 0.1) is 13.2 Å². The van der Waals surface area contributed by atoms with E-state index in [0.29, 0.717) is 0 Å². The maximum Gasteiger partial charge on any atom is 0.408 e. The number of benzene rings is 1. The van der Waals surface area contributed by atoms with E-state index in [0.717, 1.165) is 16.9 Å². The number of hydrogen-bond donors (Lipinski definition) is 1. The summed E-state index contributed by atoms with van der Waals surface area (Å²) in [4.78, 5) is 11.8. The Morgan fingerprint density at radius 3 is 2.47 bits per heavy atom. The number of alkyl carbamates (subject to hydrolysis) is 1. The molecule has 1 unspecified atom stereocenters. The third-order valence-corrected chi connectivity index (χ3v) is 2.65. The van der Waals surface area contributed by atoms with Crippen molar-refractivity contribution in [2.75, 3.05) is 7.11 Å². The van der Waals surface area contributed by atoms with Crippen LogP contribution in [-0.4, -0.2) is 18.8 Å². The van der Waals surface area contributed by atoms with Gasteiger partial charge in [-0.05, 0) is 40.2 Å². The molecule has 0 spiro atoms. The lowest BCUT2D eigenvalue weighted by molar-refractivity contribution is 0.0507. The second-order valence-electron chi connectivity index (χ2n) is 5.57. The number of nitrogens with one attached hydrogen (secondary N) is 1. The molecule has 0 fully saturated rings. The standard InChI is InChI=1S/C15H23NO3/c1-10-8-7-9-12(13(10)18-6)11(2)16-14(17)19-15(3,4)5/h7-9,11H,1-6H3,(H,16,17). The predicted molar refractivity (Wildman–Crippen MR) is 75.5 cm³/mol. The monoisotopic (exact) mass is 265 g/mol. The van der Waals surface area contributed by atoms with Crippen LogP contribution in [0.2, 0.25) is 0 Å². The van der Waals surface area contributed by atoms with Crippen molar-refractivity contribution in [2.45, 2.75) is 46.3 Å². The Labute approximate surface area is 115 Å². The highest BCUT2D eigenvalue weighted by atomic mass is 16.6. The van der Waals surface area contributed by atoms with Gasteiger partial charge in [-0.2, -0.15) is 0 Å². The number of aryl methyl sites for hydroxylation is 1. The Morgan fingerprint density at radius 2 is 1.95 bits per heavy atom. The molecule has 1 N–H and O–H groups in total. The number of rotatable bonds is 3. The van der Waals surface area contributed by atoms with Crippen LogP contribution in [0.5, 0.6) is 5.75 Å². The number of para-hydroxylation sites is 1. The molecule has 19 heavy (non-hydrogen) atoms. The largest absolute Gasteiger partial charge is 0.496 e. The van der Waals surface area contributed by atoms with E-state index in [4.69, 9.17) is 9.47 Å². The zero-order valence-electron chi connectivity index (χ0n) is 12.5. The normalized spacial score (nSPS) is 12.7. The molecule has 0 saturated heterocycles. The van der Waals surface area contributed by atoms with Gasteiger partial charge in [0.2, 0.25) is 0 Å². The van der Waals surface area contributed by atoms with Gasteiger partial charge in [-0.1, -0.05) is 18.2 Å². The van der Waals surface area contributed by atoms with Crippen LogP contribution in [0.3, 0.4) is 0 Å². The minimum absolute atomic E-state index is 0.176. The molecule has 1 aromatic carbocycles. The molecule has 106 valence electrons. The maximum atomic E-state index is 11.8. The van der Waals surface area contributed by atoms with Gasteiger partial charge in [0.25, 0.3) is 0 Å². The fourth-order valence-electron chi connectivity index (χ4n) is 1.86. The molecule has 0 aliphatic heterocycles. The van der Waals surface area contributed by atoms with Crippen LogP contribution in [0.4, 0.5) is 4.79 Å². The predicted octanol–water partition coefficient (Wildman–Crippen LogP) is 3.59. The summed E-state index contributed by atoms with van der Waals surface area (Å²) < 4.78 is 10.6. The van der Waals surface area contributed by atoms with Crippen LogP contribution >= 0.6 is 0 Å². The maximum absolute atomic E-state index is 11.8. The second-order valence-corrected chi connectivity index (χ2v) is 5.57. The molecule has 1 rings (SSSR count). The van der Waals surface area contributed by atoms with Crippen molar-refractivity contribution in [3.8, 4) is 5.75 Å². The van der Waals surface area contributed by atoms with Crippen LogP contribution < -0.4 is 10.1 Å². The zero-order valence-corrected chi connectivity index (χ0v) is 12.5. The highest BCUT2D eigenvalue weighted by molar-refractivity contribution is 5.68. The lowest BCUT2D eigenvalue weighted by Gasteiger charge is -2.23. The van der Waals surface area contributed by atoms with Gasteiger partial charge in [0, 0.05) is 5.56 Å². The topological polar surface area (TPSA) is 47.6 Å². The third kappa shape index (κ3) is 4.47. The Morgan fingerprint density at radius 1 is 1.32 bits per heavy atom. The van der Waals surface area contributed by atoms with Crippen molar-refractivity contribution in [2.24, 2.45) is 0 Å². The molecular formula is C15H23NO3. The van der Waals surface area contributed by atoms with E-state index in [1.54, 1.807) is 7.11 Å². The molecule has 4 nitrogen and oxygen atoms in total. The lowest BCUT2D eigenvalue weighted by atomic mass is 10.0. The van der Waals surface area contributed by atoms with Crippen LogP contribution in [0.25, 0.3) is 0 Å². The van der Waals surface area contributed by atoms with Crippen molar-refractivity contribution in [3.63, 3.8) is 0 Å². The summed E-state index contributed by atoms with van der Waals surface area (Å²) in [5.41, 5.74) is 1.48. The van der Waals surface area contributed by atoms with E-state index in [1.165, 1.54) is 0 Å². The Hall–Kier alpha value is -1.71. The number of methoxy groups -OCH3 is 1. The average molecular weight is 265 g/mol. The first kappa shape index (κ1) is 15.3. The van der Waals surface area contributed by atoms with Crippen molar-refractivity contribution in [1.29, 1.82) is 0 Å². The molecule has 1 amide bonds. The van der Waals surface area contributed by atoms with Crippen LogP contribution in [0.1, 0.15) is 44.9 Å². The highest BCUT2D eigenvalue weighted by Gasteiger charge is 2.20. The highest BCUT2D eigenvalue weighted by Crippen LogP contribution is 2.28. The molecule has 0 radical (unpaired) electrons. The Bertz CT molecular complexity index is 449. The quantitative estimate of drug-likeness (QED) is 0.908. The molecule has 4 heteroatoms. The molecule has 1 atom stereocenters. The lowest BCUT2D eigenvalue weighted by Crippen LogP contribution is -2.34. The number of carbonyl (C=O) groups is 1. The summed E-state index contributed by atoms with van der Waals surface area (Å²) in [5.74, 6) is 0.797. The van der Waals surface area contributed by atoms with Crippen LogP contribution in [-0.2, 0) is 4.74 Å². The Kier molecular flexibility index (Phi) is 4.81. The SMILES string of the molecule is COc1c(C)cccc1C(C)NC(=O)OC(C)(C)C. The molecular weight excluding hydrogens is 242 g/mol. The summed E-state index contributed by atoms with van der Waals surface area (Å²) in [7, 11) is 1.63. The molecule has 0 aliphatic carbocycles.